The standard InChI is InChI=1S/C14H17ClO3/c1-13-8-16-14(17-9-13,18-10-13)7-6-11-4-2-3-5-12(11)15/h2-5H,6-10H2,1H3. The van der Waals surface area contributed by atoms with E-state index in [-0.39, 0.29) is 5.41 Å². The van der Waals surface area contributed by atoms with Crippen LogP contribution in [0.4, 0.5) is 0 Å². The maximum absolute atomic E-state index is 6.14. The van der Waals surface area contributed by atoms with E-state index in [9.17, 15) is 0 Å². The summed E-state index contributed by atoms with van der Waals surface area (Å²) in [4.78, 5) is 0. The van der Waals surface area contributed by atoms with Crippen LogP contribution < -0.4 is 0 Å². The van der Waals surface area contributed by atoms with Crippen molar-refractivity contribution in [3.8, 4) is 0 Å². The molecule has 0 amide bonds. The lowest BCUT2D eigenvalue weighted by Crippen LogP contribution is -2.59. The average molecular weight is 269 g/mol. The third kappa shape index (κ3) is 2.28. The zero-order valence-corrected chi connectivity index (χ0v) is 11.2. The third-order valence-corrected chi connectivity index (χ3v) is 3.95. The van der Waals surface area contributed by atoms with Crippen LogP contribution in [0.5, 0.6) is 0 Å². The predicted molar refractivity (Wildman–Crippen MR) is 68.5 cm³/mol. The lowest BCUT2D eigenvalue weighted by Gasteiger charge is -2.50. The van der Waals surface area contributed by atoms with E-state index in [1.165, 1.54) is 0 Å². The van der Waals surface area contributed by atoms with Gasteiger partial charge in [-0.05, 0) is 18.1 Å². The molecule has 2 bridgehead atoms. The van der Waals surface area contributed by atoms with Gasteiger partial charge in [0.05, 0.1) is 19.8 Å². The molecule has 3 aliphatic rings. The van der Waals surface area contributed by atoms with E-state index in [0.717, 1.165) is 17.0 Å². The summed E-state index contributed by atoms with van der Waals surface area (Å²) in [7, 11) is 0. The van der Waals surface area contributed by atoms with Crippen LogP contribution in [0.1, 0.15) is 18.9 Å². The van der Waals surface area contributed by atoms with Gasteiger partial charge in [-0.25, -0.2) is 0 Å². The van der Waals surface area contributed by atoms with Crippen molar-refractivity contribution < 1.29 is 14.2 Å². The van der Waals surface area contributed by atoms with Crippen molar-refractivity contribution in [1.82, 2.24) is 0 Å². The molecule has 3 aliphatic heterocycles. The van der Waals surface area contributed by atoms with Crippen molar-refractivity contribution in [3.05, 3.63) is 34.9 Å². The monoisotopic (exact) mass is 268 g/mol. The summed E-state index contributed by atoms with van der Waals surface area (Å²) in [6.45, 7) is 4.23. The van der Waals surface area contributed by atoms with Crippen molar-refractivity contribution in [1.29, 1.82) is 0 Å². The third-order valence-electron chi connectivity index (χ3n) is 3.58. The molecule has 4 heteroatoms. The van der Waals surface area contributed by atoms with Crippen LogP contribution in [0, 0.1) is 5.41 Å². The van der Waals surface area contributed by atoms with Crippen LogP contribution in [-0.2, 0) is 20.6 Å². The van der Waals surface area contributed by atoms with Gasteiger partial charge in [-0.3, -0.25) is 0 Å². The summed E-state index contributed by atoms with van der Waals surface area (Å²) < 4.78 is 17.2. The van der Waals surface area contributed by atoms with Crippen LogP contribution in [0.25, 0.3) is 0 Å². The van der Waals surface area contributed by atoms with Gasteiger partial charge >= 0.3 is 0 Å². The molecule has 0 unspecified atom stereocenters. The van der Waals surface area contributed by atoms with Gasteiger partial charge in [0.15, 0.2) is 0 Å². The summed E-state index contributed by atoms with van der Waals surface area (Å²) in [6, 6.07) is 7.84. The van der Waals surface area contributed by atoms with Gasteiger partial charge in [-0.1, -0.05) is 36.7 Å². The molecule has 3 fully saturated rings. The van der Waals surface area contributed by atoms with E-state index in [2.05, 4.69) is 6.92 Å². The highest BCUT2D eigenvalue weighted by Gasteiger charge is 2.49. The molecule has 0 atom stereocenters. The normalized spacial score (nSPS) is 34.8. The maximum Gasteiger partial charge on any atom is 0.283 e. The molecule has 0 aliphatic carbocycles. The Morgan fingerprint density at radius 1 is 1.11 bits per heavy atom. The summed E-state index contributed by atoms with van der Waals surface area (Å²) in [5.41, 5.74) is 1.12. The van der Waals surface area contributed by atoms with Crippen LogP contribution >= 0.6 is 11.6 Å². The second kappa shape index (κ2) is 4.49. The van der Waals surface area contributed by atoms with E-state index in [0.29, 0.717) is 26.2 Å². The van der Waals surface area contributed by atoms with Gasteiger partial charge in [-0.2, -0.15) is 0 Å². The first-order valence-electron chi connectivity index (χ1n) is 6.26. The van der Waals surface area contributed by atoms with E-state index in [1.54, 1.807) is 0 Å². The lowest BCUT2D eigenvalue weighted by molar-refractivity contribution is -0.467. The SMILES string of the molecule is CC12COC(CCc3ccccc3Cl)(OC1)OC2. The number of rotatable bonds is 3. The van der Waals surface area contributed by atoms with Gasteiger partial charge in [0, 0.05) is 16.9 Å². The molecule has 3 nitrogen and oxygen atoms in total. The van der Waals surface area contributed by atoms with Gasteiger partial charge in [0.2, 0.25) is 0 Å². The Labute approximate surface area is 112 Å². The number of fused-ring (bicyclic) bond motifs is 3. The Morgan fingerprint density at radius 2 is 1.72 bits per heavy atom. The highest BCUT2D eigenvalue weighted by atomic mass is 35.5. The van der Waals surface area contributed by atoms with Crippen LogP contribution in [0.15, 0.2) is 24.3 Å². The fraction of sp³-hybridized carbons (Fsp3) is 0.571. The Hall–Kier alpha value is -0.610. The Bertz CT molecular complexity index is 422. The molecule has 18 heavy (non-hydrogen) atoms. The van der Waals surface area contributed by atoms with Crippen LogP contribution in [0.3, 0.4) is 0 Å². The van der Waals surface area contributed by atoms with Gasteiger partial charge in [0.25, 0.3) is 5.97 Å². The second-order valence-corrected chi connectivity index (χ2v) is 5.86. The maximum atomic E-state index is 6.14. The van der Waals surface area contributed by atoms with E-state index in [1.807, 2.05) is 24.3 Å². The first-order chi connectivity index (χ1) is 8.61. The molecule has 1 aromatic rings. The minimum atomic E-state index is -0.850. The molecule has 0 aromatic heterocycles. The molecule has 0 spiro atoms. The first kappa shape index (κ1) is 12.4. The van der Waals surface area contributed by atoms with Crippen molar-refractivity contribution >= 4 is 11.6 Å². The number of aryl methyl sites for hydroxylation is 1. The summed E-state index contributed by atoms with van der Waals surface area (Å²) in [5, 5.41) is 0.783. The highest BCUT2D eigenvalue weighted by Crippen LogP contribution is 2.40. The topological polar surface area (TPSA) is 27.7 Å². The molecule has 98 valence electrons. The minimum absolute atomic E-state index is 0.0200. The number of ether oxygens (including phenoxy) is 3. The van der Waals surface area contributed by atoms with E-state index < -0.39 is 5.97 Å². The molecule has 0 N–H and O–H groups in total. The number of hydrogen-bond donors (Lipinski definition) is 0. The molecular weight excluding hydrogens is 252 g/mol. The largest absolute Gasteiger partial charge is 0.327 e. The Kier molecular flexibility index (Phi) is 3.10. The molecule has 3 saturated heterocycles. The van der Waals surface area contributed by atoms with Crippen molar-refractivity contribution in [2.45, 2.75) is 25.7 Å². The number of halogens is 1. The van der Waals surface area contributed by atoms with Gasteiger partial charge < -0.3 is 14.2 Å². The molecule has 1 aromatic carbocycles. The lowest BCUT2D eigenvalue weighted by atomic mass is 9.91. The summed E-state index contributed by atoms with van der Waals surface area (Å²) in [6.07, 6.45) is 1.46. The van der Waals surface area contributed by atoms with E-state index in [4.69, 9.17) is 25.8 Å². The smallest absolute Gasteiger partial charge is 0.283 e. The molecular formula is C14H17ClO3. The fourth-order valence-electron chi connectivity index (χ4n) is 2.31. The van der Waals surface area contributed by atoms with Gasteiger partial charge in [0.1, 0.15) is 0 Å². The quantitative estimate of drug-likeness (QED) is 0.843. The zero-order valence-electron chi connectivity index (χ0n) is 10.4. The first-order valence-corrected chi connectivity index (χ1v) is 6.64. The molecule has 0 saturated carbocycles. The summed E-state index contributed by atoms with van der Waals surface area (Å²) in [5.74, 6) is -0.850. The zero-order chi connectivity index (χ0) is 12.6. The van der Waals surface area contributed by atoms with Crippen LogP contribution in [-0.4, -0.2) is 25.8 Å². The summed E-state index contributed by atoms with van der Waals surface area (Å²) >= 11 is 6.14. The number of hydrogen-bond acceptors (Lipinski definition) is 3. The number of benzene rings is 1. The van der Waals surface area contributed by atoms with Crippen LogP contribution in [0.2, 0.25) is 5.02 Å². The van der Waals surface area contributed by atoms with Crippen molar-refractivity contribution in [3.63, 3.8) is 0 Å². The fourth-order valence-corrected chi connectivity index (χ4v) is 2.54. The predicted octanol–water partition coefficient (Wildman–Crippen LogP) is 3.01. The molecule has 3 heterocycles. The molecule has 0 radical (unpaired) electrons. The van der Waals surface area contributed by atoms with E-state index >= 15 is 0 Å². The van der Waals surface area contributed by atoms with Crippen molar-refractivity contribution in [2.75, 3.05) is 19.8 Å². The van der Waals surface area contributed by atoms with Gasteiger partial charge in [-0.15, -0.1) is 0 Å². The molecule has 4 rings (SSSR count). The van der Waals surface area contributed by atoms with Crippen molar-refractivity contribution in [2.24, 2.45) is 5.41 Å². The second-order valence-electron chi connectivity index (χ2n) is 5.45. The minimum Gasteiger partial charge on any atom is -0.327 e. The Morgan fingerprint density at radius 3 is 2.33 bits per heavy atom. The Balaban J connectivity index is 1.66. The highest BCUT2D eigenvalue weighted by molar-refractivity contribution is 6.31. The average Bonchev–Trinajstić information content (AvgIpc) is 2.40.